The Labute approximate surface area is 98.9 Å². The van der Waals surface area contributed by atoms with Gasteiger partial charge in [-0.1, -0.05) is 6.42 Å². The molecule has 0 aliphatic carbocycles. The smallest absolute Gasteiger partial charge is 0.198 e. The van der Waals surface area contributed by atoms with Gasteiger partial charge in [-0.05, 0) is 18.9 Å². The van der Waals surface area contributed by atoms with E-state index in [1.807, 2.05) is 0 Å². The van der Waals surface area contributed by atoms with Crippen LogP contribution in [-0.2, 0) is 0 Å². The largest absolute Gasteiger partial charge is 0.396 e. The summed E-state index contributed by atoms with van der Waals surface area (Å²) in [6, 6.07) is 1.80. The molecule has 0 aliphatic heterocycles. The summed E-state index contributed by atoms with van der Waals surface area (Å²) in [7, 11) is 0. The number of unbranched alkanes of at least 4 members (excludes halogenated alkanes) is 2. The maximum Gasteiger partial charge on any atom is 0.198 e. The molecule has 0 atom stereocenters. The summed E-state index contributed by atoms with van der Waals surface area (Å²) < 4.78 is 0. The number of aliphatic hydroxyl groups is 1. The highest BCUT2D eigenvalue weighted by molar-refractivity contribution is 5.95. The number of nitrogens with one attached hydrogen (secondary N) is 1. The van der Waals surface area contributed by atoms with Crippen molar-refractivity contribution in [2.75, 3.05) is 6.61 Å². The van der Waals surface area contributed by atoms with Crippen LogP contribution < -0.4 is 0 Å². The number of H-pyrrole nitrogens is 1. The van der Waals surface area contributed by atoms with Crippen LogP contribution in [0.5, 0.6) is 0 Å². The predicted octanol–water partition coefficient (Wildman–Crippen LogP) is 1.69. The van der Waals surface area contributed by atoms with E-state index in [1.165, 1.54) is 0 Å². The number of pyridine rings is 1. The van der Waals surface area contributed by atoms with Crippen LogP contribution in [0.25, 0.3) is 11.0 Å². The second-order valence-corrected chi connectivity index (χ2v) is 3.94. The Hall–Kier alpha value is -1.75. The molecule has 5 nitrogen and oxygen atoms in total. The Bertz CT molecular complexity index is 474. The van der Waals surface area contributed by atoms with Crippen LogP contribution >= 0.6 is 0 Å². The van der Waals surface area contributed by atoms with E-state index in [2.05, 4.69) is 15.0 Å². The lowest BCUT2D eigenvalue weighted by Gasteiger charge is -1.96. The first-order valence-corrected chi connectivity index (χ1v) is 5.75. The van der Waals surface area contributed by atoms with Gasteiger partial charge in [0.15, 0.2) is 11.6 Å². The van der Waals surface area contributed by atoms with Gasteiger partial charge in [0.05, 0.1) is 11.7 Å². The Morgan fingerprint density at radius 1 is 1.35 bits per heavy atom. The summed E-state index contributed by atoms with van der Waals surface area (Å²) in [5.74, 6) is 0.413. The third kappa shape index (κ3) is 2.88. The van der Waals surface area contributed by atoms with E-state index in [9.17, 15) is 4.79 Å². The van der Waals surface area contributed by atoms with E-state index in [0.717, 1.165) is 24.8 Å². The van der Waals surface area contributed by atoms with Gasteiger partial charge in [-0.3, -0.25) is 9.78 Å². The molecule has 5 heteroatoms. The number of carbonyl (C=O) groups is 1. The number of aliphatic hydroxyl groups excluding tert-OH is 1. The van der Waals surface area contributed by atoms with Crippen LogP contribution in [0.3, 0.4) is 0 Å². The molecule has 0 unspecified atom stereocenters. The van der Waals surface area contributed by atoms with Crippen LogP contribution in [-0.4, -0.2) is 32.4 Å². The van der Waals surface area contributed by atoms with Gasteiger partial charge in [-0.15, -0.1) is 0 Å². The quantitative estimate of drug-likeness (QED) is 0.588. The zero-order valence-corrected chi connectivity index (χ0v) is 9.52. The molecule has 2 rings (SSSR count). The second-order valence-electron chi connectivity index (χ2n) is 3.94. The molecule has 2 N–H and O–H groups in total. The fourth-order valence-electron chi connectivity index (χ4n) is 1.68. The van der Waals surface area contributed by atoms with Crippen molar-refractivity contribution in [2.24, 2.45) is 0 Å². The lowest BCUT2D eigenvalue weighted by Crippen LogP contribution is -2.01. The zero-order chi connectivity index (χ0) is 12.1. The summed E-state index contributed by atoms with van der Waals surface area (Å²) in [4.78, 5) is 22.9. The summed E-state index contributed by atoms with van der Waals surface area (Å²) in [5, 5.41) is 8.63. The normalized spacial score (nSPS) is 10.9. The van der Waals surface area contributed by atoms with Gasteiger partial charge in [0.1, 0.15) is 5.52 Å². The fraction of sp³-hybridized carbons (Fsp3) is 0.417. The zero-order valence-electron chi connectivity index (χ0n) is 9.52. The number of aromatic nitrogens is 3. The van der Waals surface area contributed by atoms with Crippen LogP contribution in [0.4, 0.5) is 0 Å². The number of hydrogen-bond donors (Lipinski definition) is 2. The second kappa shape index (κ2) is 5.54. The van der Waals surface area contributed by atoms with Crippen LogP contribution in [0.15, 0.2) is 18.5 Å². The van der Waals surface area contributed by atoms with E-state index >= 15 is 0 Å². The molecular weight excluding hydrogens is 218 g/mol. The van der Waals surface area contributed by atoms with E-state index in [0.29, 0.717) is 17.8 Å². The van der Waals surface area contributed by atoms with Crippen molar-refractivity contribution in [1.29, 1.82) is 0 Å². The van der Waals surface area contributed by atoms with Gasteiger partial charge < -0.3 is 10.1 Å². The molecule has 0 amide bonds. The number of nitrogens with zero attached hydrogens (tertiary/aromatic N) is 2. The molecule has 0 radical (unpaired) electrons. The number of ketones is 1. The Balaban J connectivity index is 1.99. The Morgan fingerprint density at radius 2 is 2.24 bits per heavy atom. The molecule has 0 aromatic carbocycles. The van der Waals surface area contributed by atoms with Gasteiger partial charge in [0.25, 0.3) is 0 Å². The fourth-order valence-corrected chi connectivity index (χ4v) is 1.68. The van der Waals surface area contributed by atoms with Gasteiger partial charge in [-0.2, -0.15) is 0 Å². The third-order valence-electron chi connectivity index (χ3n) is 2.61. The molecule has 0 fully saturated rings. The van der Waals surface area contributed by atoms with Crippen molar-refractivity contribution in [1.82, 2.24) is 15.0 Å². The molecule has 2 heterocycles. The summed E-state index contributed by atoms with van der Waals surface area (Å²) in [6.07, 6.45) is 6.16. The van der Waals surface area contributed by atoms with E-state index < -0.39 is 0 Å². The highest BCUT2D eigenvalue weighted by Gasteiger charge is 2.10. The number of fused-ring (bicyclic) bond motifs is 1. The van der Waals surface area contributed by atoms with E-state index in [4.69, 9.17) is 5.11 Å². The van der Waals surface area contributed by atoms with Crippen LogP contribution in [0.1, 0.15) is 36.3 Å². The van der Waals surface area contributed by atoms with Gasteiger partial charge in [0.2, 0.25) is 0 Å². The topological polar surface area (TPSA) is 78.9 Å². The van der Waals surface area contributed by atoms with Crippen molar-refractivity contribution in [3.8, 4) is 0 Å². The number of imidazole rings is 1. The highest BCUT2D eigenvalue weighted by atomic mass is 16.2. The first-order valence-electron chi connectivity index (χ1n) is 5.75. The molecule has 0 bridgehead atoms. The summed E-state index contributed by atoms with van der Waals surface area (Å²) in [5.41, 5.74) is 1.55. The Kier molecular flexibility index (Phi) is 3.82. The van der Waals surface area contributed by atoms with Crippen LogP contribution in [0, 0.1) is 0 Å². The standard InChI is InChI=1S/C12H15N3O2/c16-7-3-1-2-4-11(17)12-14-9-5-6-13-8-10(9)15-12/h5-6,8,16H,1-4,7H2,(H,14,15). The van der Waals surface area contributed by atoms with E-state index in [-0.39, 0.29) is 12.4 Å². The Morgan fingerprint density at radius 3 is 3.00 bits per heavy atom. The summed E-state index contributed by atoms with van der Waals surface area (Å²) in [6.45, 7) is 0.185. The molecule has 90 valence electrons. The molecule has 0 saturated heterocycles. The molecule has 0 spiro atoms. The molecule has 0 aliphatic rings. The number of Topliss-reactive ketones (excluding diaryl/α,β-unsaturated/α-hetero) is 1. The monoisotopic (exact) mass is 233 g/mol. The number of hydrogen-bond acceptors (Lipinski definition) is 4. The minimum absolute atomic E-state index is 0.0131. The van der Waals surface area contributed by atoms with Crippen LogP contribution in [0.2, 0.25) is 0 Å². The minimum Gasteiger partial charge on any atom is -0.396 e. The molecule has 2 aromatic rings. The van der Waals surface area contributed by atoms with Crippen molar-refractivity contribution >= 4 is 16.8 Å². The van der Waals surface area contributed by atoms with Crippen molar-refractivity contribution in [3.05, 3.63) is 24.3 Å². The number of carbonyl (C=O) groups excluding carboxylic acids is 1. The number of aromatic amines is 1. The van der Waals surface area contributed by atoms with Gasteiger partial charge in [-0.25, -0.2) is 4.98 Å². The first-order chi connectivity index (χ1) is 8.31. The predicted molar refractivity (Wildman–Crippen MR) is 63.8 cm³/mol. The molecule has 0 saturated carbocycles. The van der Waals surface area contributed by atoms with Crippen molar-refractivity contribution in [3.63, 3.8) is 0 Å². The lowest BCUT2D eigenvalue weighted by atomic mass is 10.1. The van der Waals surface area contributed by atoms with Gasteiger partial charge in [0, 0.05) is 19.2 Å². The third-order valence-corrected chi connectivity index (χ3v) is 2.61. The van der Waals surface area contributed by atoms with E-state index in [1.54, 1.807) is 18.5 Å². The summed E-state index contributed by atoms with van der Waals surface area (Å²) >= 11 is 0. The number of rotatable bonds is 6. The van der Waals surface area contributed by atoms with Crippen molar-refractivity contribution < 1.29 is 9.90 Å². The molecule has 17 heavy (non-hydrogen) atoms. The first kappa shape index (κ1) is 11.7. The average molecular weight is 233 g/mol. The highest BCUT2D eigenvalue weighted by Crippen LogP contribution is 2.11. The minimum atomic E-state index is 0.0131. The average Bonchev–Trinajstić information content (AvgIpc) is 2.78. The lowest BCUT2D eigenvalue weighted by molar-refractivity contribution is 0.0969. The van der Waals surface area contributed by atoms with Gasteiger partial charge >= 0.3 is 0 Å². The molecule has 2 aromatic heterocycles. The van der Waals surface area contributed by atoms with Crippen molar-refractivity contribution in [2.45, 2.75) is 25.7 Å². The maximum absolute atomic E-state index is 11.8. The SMILES string of the molecule is O=C(CCCCCO)c1nc2cnccc2[nH]1. The maximum atomic E-state index is 11.8. The molecular formula is C12H15N3O2.